The molecule has 1 fully saturated rings. The second-order valence-electron chi connectivity index (χ2n) is 7.87. The SMILES string of the molecule is CCCCCc1cc(OC)c2c(c1)OC(C)(C)C1CCC(=O)CC21. The standard InChI is InChI=1S/C21H30O3/c1-5-6-7-8-14-11-18(23-4)20-16-13-15(22)9-10-17(16)21(2,3)24-19(20)12-14/h11-12,16-17H,5-10,13H2,1-4H3. The molecule has 1 heterocycles. The summed E-state index contributed by atoms with van der Waals surface area (Å²) in [5.41, 5.74) is 2.16. The van der Waals surface area contributed by atoms with E-state index in [-0.39, 0.29) is 11.5 Å². The lowest BCUT2D eigenvalue weighted by atomic mass is 9.66. The number of ketones is 1. The van der Waals surface area contributed by atoms with E-state index in [2.05, 4.69) is 32.9 Å². The quantitative estimate of drug-likeness (QED) is 0.709. The molecule has 0 aromatic heterocycles. The lowest BCUT2D eigenvalue weighted by Crippen LogP contribution is -2.47. The van der Waals surface area contributed by atoms with E-state index in [4.69, 9.17) is 9.47 Å². The third-order valence-electron chi connectivity index (χ3n) is 5.76. The molecule has 0 radical (unpaired) electrons. The molecule has 1 aromatic carbocycles. The van der Waals surface area contributed by atoms with Gasteiger partial charge >= 0.3 is 0 Å². The number of hydrogen-bond donors (Lipinski definition) is 0. The van der Waals surface area contributed by atoms with Crippen LogP contribution >= 0.6 is 0 Å². The number of fused-ring (bicyclic) bond motifs is 3. The van der Waals surface area contributed by atoms with E-state index in [0.717, 1.165) is 29.9 Å². The molecule has 1 aliphatic heterocycles. The summed E-state index contributed by atoms with van der Waals surface area (Å²) in [5.74, 6) is 2.81. The van der Waals surface area contributed by atoms with Gasteiger partial charge in [-0.1, -0.05) is 19.8 Å². The highest BCUT2D eigenvalue weighted by atomic mass is 16.5. The predicted octanol–water partition coefficient (Wildman–Crippen LogP) is 5.05. The second kappa shape index (κ2) is 6.78. The number of ether oxygens (including phenoxy) is 2. The maximum Gasteiger partial charge on any atom is 0.133 e. The van der Waals surface area contributed by atoms with Crippen LogP contribution in [-0.4, -0.2) is 18.5 Å². The Morgan fingerprint density at radius 1 is 1.29 bits per heavy atom. The van der Waals surface area contributed by atoms with Gasteiger partial charge in [0.05, 0.1) is 7.11 Å². The third kappa shape index (κ3) is 3.18. The van der Waals surface area contributed by atoms with Crippen LogP contribution in [0.15, 0.2) is 12.1 Å². The van der Waals surface area contributed by atoms with Gasteiger partial charge in [-0.2, -0.15) is 0 Å². The van der Waals surface area contributed by atoms with Crippen molar-refractivity contribution in [2.75, 3.05) is 7.11 Å². The van der Waals surface area contributed by atoms with Gasteiger partial charge in [0, 0.05) is 30.2 Å². The number of aryl methyl sites for hydroxylation is 1. The van der Waals surface area contributed by atoms with Crippen molar-refractivity contribution >= 4 is 5.78 Å². The number of rotatable bonds is 5. The smallest absolute Gasteiger partial charge is 0.133 e. The topological polar surface area (TPSA) is 35.5 Å². The summed E-state index contributed by atoms with van der Waals surface area (Å²) in [6.45, 7) is 6.55. The van der Waals surface area contributed by atoms with Crippen LogP contribution in [-0.2, 0) is 11.2 Å². The van der Waals surface area contributed by atoms with E-state index in [9.17, 15) is 4.79 Å². The molecule has 0 bridgehead atoms. The summed E-state index contributed by atoms with van der Waals surface area (Å²) < 4.78 is 12.1. The lowest BCUT2D eigenvalue weighted by Gasteiger charge is -2.47. The summed E-state index contributed by atoms with van der Waals surface area (Å²) in [6, 6.07) is 4.34. The van der Waals surface area contributed by atoms with Gasteiger partial charge in [-0.25, -0.2) is 0 Å². The fraction of sp³-hybridized carbons (Fsp3) is 0.667. The predicted molar refractivity (Wildman–Crippen MR) is 96.0 cm³/mol. The van der Waals surface area contributed by atoms with Crippen LogP contribution in [0, 0.1) is 5.92 Å². The molecule has 2 aliphatic rings. The molecule has 1 aromatic rings. The average molecular weight is 330 g/mol. The van der Waals surface area contributed by atoms with Crippen LogP contribution in [0.25, 0.3) is 0 Å². The monoisotopic (exact) mass is 330 g/mol. The van der Waals surface area contributed by atoms with Gasteiger partial charge in [0.15, 0.2) is 0 Å². The Bertz CT molecular complexity index is 618. The van der Waals surface area contributed by atoms with Crippen LogP contribution in [0.3, 0.4) is 0 Å². The van der Waals surface area contributed by atoms with Crippen LogP contribution in [0.5, 0.6) is 11.5 Å². The van der Waals surface area contributed by atoms with E-state index >= 15 is 0 Å². The molecule has 0 N–H and O–H groups in total. The molecule has 2 unspecified atom stereocenters. The summed E-state index contributed by atoms with van der Waals surface area (Å²) >= 11 is 0. The first-order valence-electron chi connectivity index (χ1n) is 9.37. The first-order valence-corrected chi connectivity index (χ1v) is 9.37. The number of carbonyl (C=O) groups excluding carboxylic acids is 1. The van der Waals surface area contributed by atoms with Crippen LogP contribution in [0.4, 0.5) is 0 Å². The highest BCUT2D eigenvalue weighted by molar-refractivity contribution is 5.81. The fourth-order valence-corrected chi connectivity index (χ4v) is 4.50. The Hall–Kier alpha value is -1.51. The largest absolute Gasteiger partial charge is 0.496 e. The molecular formula is C21H30O3. The van der Waals surface area contributed by atoms with Gasteiger partial charge in [-0.3, -0.25) is 4.79 Å². The minimum Gasteiger partial charge on any atom is -0.496 e. The molecule has 0 amide bonds. The molecule has 1 aliphatic carbocycles. The van der Waals surface area contributed by atoms with Gasteiger partial charge in [0.2, 0.25) is 0 Å². The Kier molecular flexibility index (Phi) is 4.89. The van der Waals surface area contributed by atoms with Crippen molar-refractivity contribution < 1.29 is 14.3 Å². The first-order chi connectivity index (χ1) is 11.5. The zero-order chi connectivity index (χ0) is 17.3. The number of benzene rings is 1. The van der Waals surface area contributed by atoms with E-state index in [1.165, 1.54) is 24.8 Å². The Balaban J connectivity index is 2.00. The van der Waals surface area contributed by atoms with Crippen LogP contribution in [0.1, 0.15) is 76.3 Å². The minimum atomic E-state index is -0.231. The molecule has 24 heavy (non-hydrogen) atoms. The molecule has 2 atom stereocenters. The zero-order valence-electron chi connectivity index (χ0n) is 15.5. The summed E-state index contributed by atoms with van der Waals surface area (Å²) in [4.78, 5) is 12.1. The Morgan fingerprint density at radius 2 is 2.08 bits per heavy atom. The summed E-state index contributed by atoms with van der Waals surface area (Å²) in [5, 5.41) is 0. The zero-order valence-corrected chi connectivity index (χ0v) is 15.5. The minimum absolute atomic E-state index is 0.227. The Morgan fingerprint density at radius 3 is 2.79 bits per heavy atom. The van der Waals surface area contributed by atoms with Gasteiger partial charge < -0.3 is 9.47 Å². The molecule has 3 nitrogen and oxygen atoms in total. The maximum absolute atomic E-state index is 12.1. The molecule has 1 saturated carbocycles. The van der Waals surface area contributed by atoms with Crippen molar-refractivity contribution in [2.24, 2.45) is 5.92 Å². The lowest BCUT2D eigenvalue weighted by molar-refractivity contribution is -0.124. The van der Waals surface area contributed by atoms with Crippen LogP contribution < -0.4 is 9.47 Å². The molecular weight excluding hydrogens is 300 g/mol. The number of methoxy groups -OCH3 is 1. The van der Waals surface area contributed by atoms with E-state index in [1.807, 2.05) is 0 Å². The van der Waals surface area contributed by atoms with Crippen molar-refractivity contribution in [1.29, 1.82) is 0 Å². The van der Waals surface area contributed by atoms with Gasteiger partial charge in [0.25, 0.3) is 0 Å². The number of carbonyl (C=O) groups is 1. The molecule has 0 saturated heterocycles. The van der Waals surface area contributed by atoms with Crippen molar-refractivity contribution in [3.63, 3.8) is 0 Å². The van der Waals surface area contributed by atoms with Gasteiger partial charge in [-0.15, -0.1) is 0 Å². The highest BCUT2D eigenvalue weighted by Gasteiger charge is 2.47. The summed E-state index contributed by atoms with van der Waals surface area (Å²) in [6.07, 6.45) is 6.91. The maximum atomic E-state index is 12.1. The number of hydrogen-bond acceptors (Lipinski definition) is 3. The van der Waals surface area contributed by atoms with Gasteiger partial charge in [0.1, 0.15) is 22.9 Å². The van der Waals surface area contributed by atoms with Crippen LogP contribution in [0.2, 0.25) is 0 Å². The highest BCUT2D eigenvalue weighted by Crippen LogP contribution is 2.54. The van der Waals surface area contributed by atoms with Crippen molar-refractivity contribution in [3.8, 4) is 11.5 Å². The molecule has 3 heteroatoms. The second-order valence-corrected chi connectivity index (χ2v) is 7.87. The fourth-order valence-electron chi connectivity index (χ4n) is 4.50. The number of Topliss-reactive ketones (excluding diaryl/α,β-unsaturated/α-hetero) is 1. The molecule has 132 valence electrons. The first kappa shape index (κ1) is 17.3. The third-order valence-corrected chi connectivity index (χ3v) is 5.76. The number of unbranched alkanes of at least 4 members (excludes halogenated alkanes) is 2. The summed E-state index contributed by atoms with van der Waals surface area (Å²) in [7, 11) is 1.73. The van der Waals surface area contributed by atoms with E-state index in [1.54, 1.807) is 7.11 Å². The normalized spacial score (nSPS) is 24.8. The molecule has 3 rings (SSSR count). The van der Waals surface area contributed by atoms with Crippen molar-refractivity contribution in [2.45, 2.75) is 77.2 Å². The van der Waals surface area contributed by atoms with Crippen molar-refractivity contribution in [3.05, 3.63) is 23.3 Å². The van der Waals surface area contributed by atoms with E-state index < -0.39 is 0 Å². The van der Waals surface area contributed by atoms with Crippen molar-refractivity contribution in [1.82, 2.24) is 0 Å². The molecule has 0 spiro atoms. The Labute approximate surface area is 145 Å². The average Bonchev–Trinajstić information content (AvgIpc) is 2.53. The van der Waals surface area contributed by atoms with Gasteiger partial charge in [-0.05, 0) is 50.8 Å². The van der Waals surface area contributed by atoms with E-state index in [0.29, 0.717) is 24.5 Å².